The van der Waals surface area contributed by atoms with Crippen LogP contribution in [0, 0.1) is 16.7 Å². The Hall–Kier alpha value is -0.770. The number of carbonyl (C=O) groups excluding carboxylic acids is 1. The highest BCUT2D eigenvalue weighted by Crippen LogP contribution is 2.60. The van der Waals surface area contributed by atoms with Gasteiger partial charge in [0.25, 0.3) is 0 Å². The summed E-state index contributed by atoms with van der Waals surface area (Å²) in [5.74, 6) is 0.857. The van der Waals surface area contributed by atoms with E-state index in [1.165, 1.54) is 25.7 Å². The average molecular weight is 268 g/mol. The molecular weight excluding hydrogens is 240 g/mol. The topological polar surface area (TPSA) is 61.4 Å². The normalized spacial score (nSPS) is 22.7. The third kappa shape index (κ3) is 4.37. The van der Waals surface area contributed by atoms with Gasteiger partial charge in [-0.05, 0) is 48.9 Å². The van der Waals surface area contributed by atoms with Crippen LogP contribution in [0.15, 0.2) is 0 Å². The molecule has 0 aliphatic heterocycles. The van der Waals surface area contributed by atoms with E-state index in [0.717, 1.165) is 18.9 Å². The van der Waals surface area contributed by atoms with Crippen molar-refractivity contribution in [1.82, 2.24) is 10.6 Å². The van der Waals surface area contributed by atoms with E-state index in [1.54, 1.807) is 0 Å². The van der Waals surface area contributed by atoms with Gasteiger partial charge in [0.15, 0.2) is 0 Å². The summed E-state index contributed by atoms with van der Waals surface area (Å²) in [4.78, 5) is 11.9. The van der Waals surface area contributed by atoms with Crippen LogP contribution in [0.1, 0.15) is 52.9 Å². The number of carbonyl (C=O) groups is 1. The first kappa shape index (κ1) is 14.6. The Morgan fingerprint density at radius 3 is 2.42 bits per heavy atom. The monoisotopic (exact) mass is 268 g/mol. The highest BCUT2D eigenvalue weighted by atomic mass is 16.3. The molecule has 2 rings (SSSR count). The molecule has 0 spiro atoms. The highest BCUT2D eigenvalue weighted by Gasteiger charge is 2.53. The zero-order valence-corrected chi connectivity index (χ0v) is 12.5. The zero-order valence-electron chi connectivity index (χ0n) is 12.5. The van der Waals surface area contributed by atoms with Crippen molar-refractivity contribution in [1.29, 1.82) is 0 Å². The largest absolute Gasteiger partial charge is 0.394 e. The Morgan fingerprint density at radius 1 is 1.37 bits per heavy atom. The van der Waals surface area contributed by atoms with E-state index in [1.807, 2.05) is 0 Å². The summed E-state index contributed by atoms with van der Waals surface area (Å²) in [5, 5.41) is 15.2. The van der Waals surface area contributed by atoms with Crippen LogP contribution in [0.25, 0.3) is 0 Å². The van der Waals surface area contributed by atoms with Crippen LogP contribution in [0.2, 0.25) is 0 Å². The molecule has 3 N–H and O–H groups in total. The maximum atomic E-state index is 11.9. The van der Waals surface area contributed by atoms with E-state index >= 15 is 0 Å². The molecule has 0 heterocycles. The molecule has 4 nitrogen and oxygen atoms in total. The van der Waals surface area contributed by atoms with E-state index in [9.17, 15) is 9.90 Å². The standard InChI is InChI=1S/C15H28N2O2/c1-14(2,3)8-12(9-18)17-13(19)16-10-15(6-7-15)11-4-5-11/h11-12,18H,4-10H2,1-3H3,(H2,16,17,19). The van der Waals surface area contributed by atoms with Crippen LogP contribution in [0.3, 0.4) is 0 Å². The summed E-state index contributed by atoms with van der Waals surface area (Å²) in [5.41, 5.74) is 0.530. The van der Waals surface area contributed by atoms with E-state index < -0.39 is 0 Å². The Balaban J connectivity index is 1.70. The minimum absolute atomic E-state index is 0.00153. The number of urea groups is 1. The fourth-order valence-corrected chi connectivity index (χ4v) is 2.98. The predicted octanol–water partition coefficient (Wildman–Crippen LogP) is 2.27. The first-order valence-electron chi connectivity index (χ1n) is 7.50. The van der Waals surface area contributed by atoms with Crippen LogP contribution >= 0.6 is 0 Å². The summed E-state index contributed by atoms with van der Waals surface area (Å²) >= 11 is 0. The van der Waals surface area contributed by atoms with E-state index in [-0.39, 0.29) is 24.1 Å². The van der Waals surface area contributed by atoms with Crippen molar-refractivity contribution in [3.8, 4) is 0 Å². The molecule has 0 saturated heterocycles. The van der Waals surface area contributed by atoms with Crippen molar-refractivity contribution in [3.63, 3.8) is 0 Å². The Bertz CT molecular complexity index is 328. The van der Waals surface area contributed by atoms with Gasteiger partial charge in [0.2, 0.25) is 0 Å². The summed E-state index contributed by atoms with van der Waals surface area (Å²) in [6.45, 7) is 7.14. The van der Waals surface area contributed by atoms with Crippen molar-refractivity contribution in [2.24, 2.45) is 16.7 Å². The molecule has 19 heavy (non-hydrogen) atoms. The molecule has 0 bridgehead atoms. The molecule has 0 aromatic heterocycles. The quantitative estimate of drug-likeness (QED) is 0.692. The first-order valence-corrected chi connectivity index (χ1v) is 7.50. The molecular formula is C15H28N2O2. The molecule has 110 valence electrons. The Morgan fingerprint density at radius 2 is 2.00 bits per heavy atom. The zero-order chi connectivity index (χ0) is 14.1. The van der Waals surface area contributed by atoms with Crippen LogP contribution in [-0.4, -0.2) is 30.3 Å². The van der Waals surface area contributed by atoms with Crippen molar-refractivity contribution in [2.45, 2.75) is 58.9 Å². The van der Waals surface area contributed by atoms with Gasteiger partial charge in [-0.1, -0.05) is 20.8 Å². The van der Waals surface area contributed by atoms with Crippen LogP contribution < -0.4 is 10.6 Å². The van der Waals surface area contributed by atoms with Crippen molar-refractivity contribution >= 4 is 6.03 Å². The molecule has 1 unspecified atom stereocenters. The molecule has 4 heteroatoms. The van der Waals surface area contributed by atoms with Crippen molar-refractivity contribution in [2.75, 3.05) is 13.2 Å². The fourth-order valence-electron chi connectivity index (χ4n) is 2.98. The van der Waals surface area contributed by atoms with Gasteiger partial charge in [-0.25, -0.2) is 4.79 Å². The molecule has 1 atom stereocenters. The predicted molar refractivity (Wildman–Crippen MR) is 75.9 cm³/mol. The van der Waals surface area contributed by atoms with E-state index in [0.29, 0.717) is 5.41 Å². The van der Waals surface area contributed by atoms with Crippen molar-refractivity contribution in [3.05, 3.63) is 0 Å². The molecule has 2 fully saturated rings. The molecule has 2 amide bonds. The SMILES string of the molecule is CC(C)(C)CC(CO)NC(=O)NCC1(C2CC2)CC1. The number of amides is 2. The van der Waals surface area contributed by atoms with Gasteiger partial charge < -0.3 is 15.7 Å². The number of rotatable bonds is 6. The smallest absolute Gasteiger partial charge is 0.315 e. The lowest BCUT2D eigenvalue weighted by Gasteiger charge is -2.26. The Labute approximate surface area is 116 Å². The number of aliphatic hydroxyl groups is 1. The van der Waals surface area contributed by atoms with Crippen LogP contribution in [0.4, 0.5) is 4.79 Å². The van der Waals surface area contributed by atoms with Gasteiger partial charge in [0, 0.05) is 6.54 Å². The van der Waals surface area contributed by atoms with Crippen LogP contribution in [-0.2, 0) is 0 Å². The molecule has 0 aromatic carbocycles. The second kappa shape index (κ2) is 5.31. The van der Waals surface area contributed by atoms with E-state index in [4.69, 9.17) is 0 Å². The molecule has 2 aliphatic rings. The maximum absolute atomic E-state index is 11.9. The number of hydrogen-bond acceptors (Lipinski definition) is 2. The third-order valence-corrected chi connectivity index (χ3v) is 4.35. The first-order chi connectivity index (χ1) is 8.85. The molecule has 0 aromatic rings. The molecule has 0 radical (unpaired) electrons. The van der Waals surface area contributed by atoms with Gasteiger partial charge in [0.05, 0.1) is 12.6 Å². The molecule has 2 aliphatic carbocycles. The van der Waals surface area contributed by atoms with Gasteiger partial charge >= 0.3 is 6.03 Å². The lowest BCUT2D eigenvalue weighted by molar-refractivity contribution is 0.189. The highest BCUT2D eigenvalue weighted by molar-refractivity contribution is 5.74. The summed E-state index contributed by atoms with van der Waals surface area (Å²) in [6.07, 6.45) is 6.00. The second-order valence-electron chi connectivity index (χ2n) is 7.61. The minimum Gasteiger partial charge on any atom is -0.394 e. The lowest BCUT2D eigenvalue weighted by Crippen LogP contribution is -2.46. The maximum Gasteiger partial charge on any atom is 0.315 e. The van der Waals surface area contributed by atoms with E-state index in [2.05, 4.69) is 31.4 Å². The van der Waals surface area contributed by atoms with Gasteiger partial charge in [-0.2, -0.15) is 0 Å². The third-order valence-electron chi connectivity index (χ3n) is 4.35. The summed E-state index contributed by atoms with van der Waals surface area (Å²) in [7, 11) is 0. The minimum atomic E-state index is -0.156. The number of nitrogens with one attached hydrogen (secondary N) is 2. The number of aliphatic hydroxyl groups excluding tert-OH is 1. The van der Waals surface area contributed by atoms with Crippen LogP contribution in [0.5, 0.6) is 0 Å². The van der Waals surface area contributed by atoms with Gasteiger partial charge in [0.1, 0.15) is 0 Å². The molecule has 2 saturated carbocycles. The Kier molecular flexibility index (Phi) is 4.09. The van der Waals surface area contributed by atoms with Crippen molar-refractivity contribution < 1.29 is 9.90 Å². The summed E-state index contributed by atoms with van der Waals surface area (Å²) in [6, 6.07) is -0.286. The lowest BCUT2D eigenvalue weighted by atomic mass is 9.88. The average Bonchev–Trinajstić information content (AvgIpc) is 3.12. The summed E-state index contributed by atoms with van der Waals surface area (Å²) < 4.78 is 0. The fraction of sp³-hybridized carbons (Fsp3) is 0.933. The van der Waals surface area contributed by atoms with Gasteiger partial charge in [-0.15, -0.1) is 0 Å². The van der Waals surface area contributed by atoms with Gasteiger partial charge in [-0.3, -0.25) is 0 Å². The number of hydrogen-bond donors (Lipinski definition) is 3. The second-order valence-corrected chi connectivity index (χ2v) is 7.61.